The predicted molar refractivity (Wildman–Crippen MR) is 228 cm³/mol. The molecule has 1 N–H and O–H groups in total. The lowest BCUT2D eigenvalue weighted by atomic mass is 10.2. The van der Waals surface area contributed by atoms with Crippen molar-refractivity contribution < 1.29 is 95.2 Å². The summed E-state index contributed by atoms with van der Waals surface area (Å²) in [5.74, 6) is -0.623. The summed E-state index contributed by atoms with van der Waals surface area (Å²) in [6.45, 7) is 11.8. The summed E-state index contributed by atoms with van der Waals surface area (Å²) in [5, 5.41) is 13.2. The van der Waals surface area contributed by atoms with E-state index in [1.165, 1.54) is 12.1 Å². The van der Waals surface area contributed by atoms with Crippen molar-refractivity contribution in [3.05, 3.63) is 28.1 Å². The minimum Gasteiger partial charge on any atom is -0.487 e. The minimum absolute atomic E-state index is 0.0524. The Morgan fingerprint density at radius 3 is 0.938 bits per heavy atom. The van der Waals surface area contributed by atoms with E-state index < -0.39 is 5.97 Å². The maximum atomic E-state index is 12.1. The zero-order valence-electron chi connectivity index (χ0n) is 37.8. The summed E-state index contributed by atoms with van der Waals surface area (Å²) >= 11 is 0. The summed E-state index contributed by atoms with van der Waals surface area (Å²) in [4.78, 5) is 14.7. The third-order valence-electron chi connectivity index (χ3n) is 7.69. The average Bonchev–Trinajstić information content (AvgIpc) is 3.30. The van der Waals surface area contributed by atoms with E-state index in [1.807, 2.05) is 0 Å². The van der Waals surface area contributed by atoms with Crippen LogP contribution in [0.25, 0.3) is 10.4 Å². The van der Waals surface area contributed by atoms with Gasteiger partial charge in [0.1, 0.15) is 19.8 Å². The molecule has 1 aromatic rings. The number of ether oxygens (including phenoxy) is 18. The second-order valence-corrected chi connectivity index (χ2v) is 12.6. The van der Waals surface area contributed by atoms with Gasteiger partial charge in [0.2, 0.25) is 5.75 Å². The molecule has 0 heterocycles. The van der Waals surface area contributed by atoms with Gasteiger partial charge < -0.3 is 90.4 Å². The van der Waals surface area contributed by atoms with Crippen LogP contribution in [0.15, 0.2) is 17.2 Å². The molecule has 0 amide bonds. The number of benzene rings is 1. The van der Waals surface area contributed by atoms with E-state index in [9.17, 15) is 9.90 Å². The molecule has 0 atom stereocenters. The summed E-state index contributed by atoms with van der Waals surface area (Å²) in [5.41, 5.74) is 8.17. The van der Waals surface area contributed by atoms with Gasteiger partial charge in [0.05, 0.1) is 191 Å². The van der Waals surface area contributed by atoms with Crippen molar-refractivity contribution in [2.24, 2.45) is 5.11 Å². The number of aromatic carboxylic acids is 1. The number of methoxy groups -OCH3 is 2. The van der Waals surface area contributed by atoms with E-state index in [0.29, 0.717) is 172 Å². The molecule has 0 radical (unpaired) electrons. The number of carboxylic acid groups (broad SMARTS) is 1. The zero-order valence-corrected chi connectivity index (χ0v) is 37.8. The topological polar surface area (TPSA) is 252 Å². The van der Waals surface area contributed by atoms with Gasteiger partial charge in [-0.05, 0) is 17.7 Å². The number of azide groups is 1. The fourth-order valence-corrected chi connectivity index (χ4v) is 4.62. The summed E-state index contributed by atoms with van der Waals surface area (Å²) in [7, 11) is 3.24. The Bertz CT molecular complexity index is 1180. The summed E-state index contributed by atoms with van der Waals surface area (Å²) in [6.07, 6.45) is 0. The fourth-order valence-electron chi connectivity index (χ4n) is 4.62. The van der Waals surface area contributed by atoms with Crippen molar-refractivity contribution in [3.63, 3.8) is 0 Å². The molecule has 0 unspecified atom stereocenters. The zero-order chi connectivity index (χ0) is 46.1. The van der Waals surface area contributed by atoms with Gasteiger partial charge in [-0.2, -0.15) is 0 Å². The van der Waals surface area contributed by atoms with Gasteiger partial charge >= 0.3 is 5.97 Å². The first-order valence-electron chi connectivity index (χ1n) is 21.4. The van der Waals surface area contributed by atoms with E-state index >= 15 is 0 Å². The lowest BCUT2D eigenvalue weighted by Gasteiger charge is -2.18. The van der Waals surface area contributed by atoms with Crippen molar-refractivity contribution in [2.45, 2.75) is 0 Å². The number of nitrogens with zero attached hydrogens (tertiary/aromatic N) is 3. The fraction of sp³-hybridized carbons (Fsp3) is 0.829. The lowest BCUT2D eigenvalue weighted by molar-refractivity contribution is -0.0125. The Labute approximate surface area is 376 Å². The molecule has 0 saturated heterocycles. The molecule has 23 nitrogen and oxygen atoms in total. The maximum absolute atomic E-state index is 12.1. The van der Waals surface area contributed by atoms with Gasteiger partial charge in [-0.15, -0.1) is 0 Å². The van der Waals surface area contributed by atoms with E-state index in [4.69, 9.17) is 90.8 Å². The van der Waals surface area contributed by atoms with Crippen LogP contribution in [-0.2, 0) is 71.1 Å². The molecule has 372 valence electrons. The quantitative estimate of drug-likeness (QED) is 0.0426. The highest BCUT2D eigenvalue weighted by Crippen LogP contribution is 2.39. The SMILES string of the molecule is COCCOCCOCCOCCOCCOc1cc(C(=O)O)cc(OCCOCCOCCOCCOCCOC)c1OCCOCCOCCOCCOCCOCCN=[N+]=[N-]. The Kier molecular flexibility index (Phi) is 43.9. The molecule has 23 heteroatoms. The van der Waals surface area contributed by atoms with Crippen molar-refractivity contribution in [3.8, 4) is 17.2 Å². The van der Waals surface area contributed by atoms with Crippen molar-refractivity contribution in [2.75, 3.05) is 226 Å². The highest BCUT2D eigenvalue weighted by atomic mass is 16.6. The van der Waals surface area contributed by atoms with Crippen LogP contribution in [0, 0.1) is 0 Å². The van der Waals surface area contributed by atoms with E-state index in [1.54, 1.807) is 14.2 Å². The monoisotopic (exact) mass is 927 g/mol. The Balaban J connectivity index is 2.47. The first-order valence-corrected chi connectivity index (χ1v) is 21.4. The Morgan fingerprint density at radius 1 is 0.422 bits per heavy atom. The second-order valence-electron chi connectivity index (χ2n) is 12.6. The van der Waals surface area contributed by atoms with Crippen LogP contribution in [-0.4, -0.2) is 237 Å². The molecule has 0 aromatic heterocycles. The van der Waals surface area contributed by atoms with Crippen LogP contribution < -0.4 is 14.2 Å². The standard InChI is InChI=1S/C41H73N3O20/c1-47-5-7-50-11-13-53-17-20-56-23-26-59-29-32-62-38-35-37(41(45)46)36-39(63-33-30-60-27-24-57-21-18-54-14-12-51-8-6-48-2)40(38)64-34-31-61-28-25-58-22-19-55-16-15-52-10-9-49-4-3-43-44-42/h35-36H,3-34H2,1-2H3,(H,45,46). The lowest BCUT2D eigenvalue weighted by Crippen LogP contribution is -2.16. The van der Waals surface area contributed by atoms with E-state index in [2.05, 4.69) is 10.0 Å². The molecule has 0 aliphatic rings. The van der Waals surface area contributed by atoms with Gasteiger partial charge in [0, 0.05) is 25.7 Å². The third kappa shape index (κ3) is 38.1. The second kappa shape index (κ2) is 47.8. The summed E-state index contributed by atoms with van der Waals surface area (Å²) < 4.78 is 99.1. The molecule has 1 rings (SSSR count). The molecule has 0 bridgehead atoms. The van der Waals surface area contributed by atoms with Crippen LogP contribution in [0.4, 0.5) is 0 Å². The molecule has 0 aliphatic carbocycles. The molecule has 0 spiro atoms. The maximum Gasteiger partial charge on any atom is 0.335 e. The smallest absolute Gasteiger partial charge is 0.335 e. The van der Waals surface area contributed by atoms with Crippen molar-refractivity contribution in [1.82, 2.24) is 0 Å². The molecular formula is C41H73N3O20. The summed E-state index contributed by atoms with van der Waals surface area (Å²) in [6, 6.07) is 2.74. The molecule has 0 saturated carbocycles. The van der Waals surface area contributed by atoms with Crippen LogP contribution in [0.1, 0.15) is 10.4 Å². The molecule has 64 heavy (non-hydrogen) atoms. The normalized spacial score (nSPS) is 11.2. The van der Waals surface area contributed by atoms with Crippen molar-refractivity contribution in [1.29, 1.82) is 0 Å². The number of hydrogen-bond acceptors (Lipinski definition) is 20. The highest BCUT2D eigenvalue weighted by molar-refractivity contribution is 5.89. The largest absolute Gasteiger partial charge is 0.487 e. The van der Waals surface area contributed by atoms with E-state index in [-0.39, 0.29) is 62.5 Å². The first kappa shape index (κ1) is 58.8. The Hall–Kier alpha value is -3.20. The van der Waals surface area contributed by atoms with Crippen LogP contribution in [0.5, 0.6) is 17.2 Å². The number of hydrogen-bond donors (Lipinski definition) is 1. The van der Waals surface area contributed by atoms with E-state index in [0.717, 1.165) is 0 Å². The number of carbonyl (C=O) groups is 1. The number of carboxylic acids is 1. The van der Waals surface area contributed by atoms with Gasteiger partial charge in [0.15, 0.2) is 11.5 Å². The van der Waals surface area contributed by atoms with Crippen molar-refractivity contribution >= 4 is 5.97 Å². The minimum atomic E-state index is -1.17. The highest BCUT2D eigenvalue weighted by Gasteiger charge is 2.19. The predicted octanol–water partition coefficient (Wildman–Crippen LogP) is 2.34. The van der Waals surface area contributed by atoms with Crippen LogP contribution in [0.3, 0.4) is 0 Å². The molecule has 1 aromatic carbocycles. The molecule has 0 aliphatic heterocycles. The molecule has 0 fully saturated rings. The third-order valence-corrected chi connectivity index (χ3v) is 7.69. The Morgan fingerprint density at radius 2 is 0.672 bits per heavy atom. The van der Waals surface area contributed by atoms with Crippen LogP contribution in [0.2, 0.25) is 0 Å². The van der Waals surface area contributed by atoms with Crippen LogP contribution >= 0.6 is 0 Å². The number of rotatable bonds is 52. The first-order chi connectivity index (χ1) is 31.6. The molecular weight excluding hydrogens is 854 g/mol. The van der Waals surface area contributed by atoms with Gasteiger partial charge in [-0.1, -0.05) is 5.11 Å². The van der Waals surface area contributed by atoms with Gasteiger partial charge in [0.25, 0.3) is 0 Å². The van der Waals surface area contributed by atoms with Gasteiger partial charge in [-0.25, -0.2) is 4.79 Å². The van der Waals surface area contributed by atoms with Gasteiger partial charge in [-0.3, -0.25) is 0 Å². The average molecular weight is 928 g/mol.